The minimum atomic E-state index is -0.677. The monoisotopic (exact) mass is 316 g/mol. The largest absolute Gasteiger partial charge is 0.495 e. The van der Waals surface area contributed by atoms with Crippen molar-refractivity contribution in [2.24, 2.45) is 0 Å². The predicted molar refractivity (Wildman–Crippen MR) is 74.0 cm³/mol. The van der Waals surface area contributed by atoms with Crippen molar-refractivity contribution in [2.75, 3.05) is 19.0 Å². The number of aliphatic hydroxyl groups is 1. The molecule has 6 heteroatoms. The molecule has 0 saturated carbocycles. The second-order valence-electron chi connectivity index (χ2n) is 4.47. The fourth-order valence-electron chi connectivity index (χ4n) is 1.28. The van der Waals surface area contributed by atoms with Gasteiger partial charge in [-0.2, -0.15) is 0 Å². The minimum Gasteiger partial charge on any atom is -0.495 e. The summed E-state index contributed by atoms with van der Waals surface area (Å²) in [6.07, 6.45) is 0. The molecule has 0 bridgehead atoms. The normalized spacial score (nSPS) is 10.9. The summed E-state index contributed by atoms with van der Waals surface area (Å²) in [5, 5.41) is 14.4. The fraction of sp³-hybridized carbons (Fsp3) is 0.417. The molecule has 3 N–H and O–H groups in total. The lowest BCUT2D eigenvalue weighted by Crippen LogP contribution is -2.48. The zero-order valence-electron chi connectivity index (χ0n) is 10.6. The lowest BCUT2D eigenvalue weighted by Gasteiger charge is -2.23. The molecule has 0 aliphatic carbocycles. The van der Waals surface area contributed by atoms with Crippen molar-refractivity contribution in [1.29, 1.82) is 0 Å². The van der Waals surface area contributed by atoms with E-state index in [2.05, 4.69) is 26.6 Å². The van der Waals surface area contributed by atoms with Gasteiger partial charge in [0.05, 0.1) is 24.9 Å². The number of anilines is 1. The van der Waals surface area contributed by atoms with Crippen LogP contribution in [-0.2, 0) is 0 Å². The quantitative estimate of drug-likeness (QED) is 0.798. The highest BCUT2D eigenvalue weighted by Gasteiger charge is 2.19. The Balaban J connectivity index is 2.78. The Hall–Kier alpha value is -1.27. The number of rotatable bonds is 4. The number of hydrogen-bond acceptors (Lipinski definition) is 3. The molecule has 0 heterocycles. The molecule has 0 unspecified atom stereocenters. The van der Waals surface area contributed by atoms with Gasteiger partial charge < -0.3 is 20.5 Å². The van der Waals surface area contributed by atoms with E-state index in [1.165, 1.54) is 7.11 Å². The Labute approximate surface area is 115 Å². The summed E-state index contributed by atoms with van der Waals surface area (Å²) >= 11 is 3.32. The number of benzene rings is 1. The first-order valence-electron chi connectivity index (χ1n) is 5.41. The smallest absolute Gasteiger partial charge is 0.319 e. The number of amides is 2. The fourth-order valence-corrected chi connectivity index (χ4v) is 1.64. The average Bonchev–Trinajstić information content (AvgIpc) is 2.28. The van der Waals surface area contributed by atoms with E-state index in [1.54, 1.807) is 26.0 Å². The summed E-state index contributed by atoms with van der Waals surface area (Å²) in [5.41, 5.74) is -0.123. The molecule has 0 aromatic heterocycles. The van der Waals surface area contributed by atoms with Crippen LogP contribution < -0.4 is 15.4 Å². The van der Waals surface area contributed by atoms with Crippen molar-refractivity contribution >= 4 is 27.6 Å². The van der Waals surface area contributed by atoms with Gasteiger partial charge in [0.25, 0.3) is 0 Å². The van der Waals surface area contributed by atoms with E-state index >= 15 is 0 Å². The Bertz CT molecular complexity index is 435. The number of aliphatic hydroxyl groups excluding tert-OH is 1. The average molecular weight is 317 g/mol. The molecule has 100 valence electrons. The molecule has 0 radical (unpaired) electrons. The highest BCUT2D eigenvalue weighted by Crippen LogP contribution is 2.27. The van der Waals surface area contributed by atoms with E-state index in [1.807, 2.05) is 6.07 Å². The Morgan fingerprint density at radius 1 is 1.50 bits per heavy atom. The zero-order chi connectivity index (χ0) is 13.8. The summed E-state index contributed by atoms with van der Waals surface area (Å²) in [4.78, 5) is 11.8. The van der Waals surface area contributed by atoms with Gasteiger partial charge >= 0.3 is 6.03 Å². The number of halogens is 1. The van der Waals surface area contributed by atoms with Gasteiger partial charge in [-0.15, -0.1) is 0 Å². The van der Waals surface area contributed by atoms with Crippen LogP contribution in [0.1, 0.15) is 13.8 Å². The van der Waals surface area contributed by atoms with E-state index in [0.717, 1.165) is 4.47 Å². The first-order valence-corrected chi connectivity index (χ1v) is 6.21. The number of carbonyl (C=O) groups is 1. The maximum absolute atomic E-state index is 11.8. The summed E-state index contributed by atoms with van der Waals surface area (Å²) in [6, 6.07) is 4.91. The van der Waals surface area contributed by atoms with Gasteiger partial charge in [0.15, 0.2) is 0 Å². The lowest BCUT2D eigenvalue weighted by molar-refractivity contribution is 0.187. The van der Waals surface area contributed by atoms with E-state index < -0.39 is 11.6 Å². The SMILES string of the molecule is COc1ccc(Br)cc1NC(=O)NC(C)(C)CO. The van der Waals surface area contributed by atoms with E-state index in [4.69, 9.17) is 9.84 Å². The van der Waals surface area contributed by atoms with Crippen LogP contribution >= 0.6 is 15.9 Å². The van der Waals surface area contributed by atoms with Gasteiger partial charge in [-0.1, -0.05) is 15.9 Å². The molecule has 0 aliphatic heterocycles. The number of nitrogens with one attached hydrogen (secondary N) is 2. The minimum absolute atomic E-state index is 0.143. The van der Waals surface area contributed by atoms with Crippen molar-refractivity contribution in [3.63, 3.8) is 0 Å². The summed E-state index contributed by atoms with van der Waals surface area (Å²) in [6.45, 7) is 3.31. The van der Waals surface area contributed by atoms with Crippen LogP contribution in [0.5, 0.6) is 5.75 Å². The van der Waals surface area contributed by atoms with Crippen LogP contribution in [-0.4, -0.2) is 30.4 Å². The molecule has 1 aromatic carbocycles. The van der Waals surface area contributed by atoms with Gasteiger partial charge in [-0.3, -0.25) is 0 Å². The number of ether oxygens (including phenoxy) is 1. The Kier molecular flexibility index (Phi) is 4.98. The van der Waals surface area contributed by atoms with Crippen LogP contribution in [0.4, 0.5) is 10.5 Å². The summed E-state index contributed by atoms with van der Waals surface area (Å²) < 4.78 is 5.98. The molecule has 1 aromatic rings. The summed E-state index contributed by atoms with van der Waals surface area (Å²) in [5.74, 6) is 0.565. The van der Waals surface area contributed by atoms with Gasteiger partial charge in [0.2, 0.25) is 0 Å². The molecule has 2 amide bonds. The summed E-state index contributed by atoms with van der Waals surface area (Å²) in [7, 11) is 1.53. The molecule has 0 atom stereocenters. The molecular weight excluding hydrogens is 300 g/mol. The van der Waals surface area contributed by atoms with Gasteiger partial charge in [-0.25, -0.2) is 4.79 Å². The topological polar surface area (TPSA) is 70.6 Å². The van der Waals surface area contributed by atoms with Crippen LogP contribution in [0.25, 0.3) is 0 Å². The van der Waals surface area contributed by atoms with Crippen molar-refractivity contribution in [3.8, 4) is 5.75 Å². The number of methoxy groups -OCH3 is 1. The molecule has 0 spiro atoms. The van der Waals surface area contributed by atoms with E-state index in [-0.39, 0.29) is 6.61 Å². The van der Waals surface area contributed by atoms with Crippen molar-refractivity contribution in [1.82, 2.24) is 5.32 Å². The highest BCUT2D eigenvalue weighted by atomic mass is 79.9. The standard InChI is InChI=1S/C12H17BrN2O3/c1-12(2,7-16)15-11(17)14-9-6-8(13)4-5-10(9)18-3/h4-6,16H,7H2,1-3H3,(H2,14,15,17). The van der Waals surface area contributed by atoms with E-state index in [0.29, 0.717) is 11.4 Å². The first kappa shape index (κ1) is 14.8. The Morgan fingerprint density at radius 3 is 2.72 bits per heavy atom. The third kappa shape index (κ3) is 4.19. The lowest BCUT2D eigenvalue weighted by atomic mass is 10.1. The van der Waals surface area contributed by atoms with Crippen molar-refractivity contribution in [2.45, 2.75) is 19.4 Å². The van der Waals surface area contributed by atoms with Crippen LogP contribution in [0.15, 0.2) is 22.7 Å². The molecule has 0 saturated heterocycles. The maximum Gasteiger partial charge on any atom is 0.319 e. The molecule has 5 nitrogen and oxygen atoms in total. The second kappa shape index (κ2) is 6.06. The highest BCUT2D eigenvalue weighted by molar-refractivity contribution is 9.10. The predicted octanol–water partition coefficient (Wildman–Crippen LogP) is 2.35. The number of hydrogen-bond donors (Lipinski definition) is 3. The third-order valence-corrected chi connectivity index (χ3v) is 2.75. The van der Waals surface area contributed by atoms with Gasteiger partial charge in [0.1, 0.15) is 5.75 Å². The molecule has 18 heavy (non-hydrogen) atoms. The van der Waals surface area contributed by atoms with Crippen LogP contribution in [0, 0.1) is 0 Å². The Morgan fingerprint density at radius 2 is 2.17 bits per heavy atom. The van der Waals surface area contributed by atoms with Crippen molar-refractivity contribution < 1.29 is 14.6 Å². The molecular formula is C12H17BrN2O3. The molecule has 1 rings (SSSR count). The number of carbonyl (C=O) groups excluding carboxylic acids is 1. The zero-order valence-corrected chi connectivity index (χ0v) is 12.2. The number of urea groups is 1. The molecule has 0 aliphatic rings. The third-order valence-electron chi connectivity index (χ3n) is 2.26. The van der Waals surface area contributed by atoms with Crippen LogP contribution in [0.3, 0.4) is 0 Å². The van der Waals surface area contributed by atoms with E-state index in [9.17, 15) is 4.79 Å². The van der Waals surface area contributed by atoms with Crippen LogP contribution in [0.2, 0.25) is 0 Å². The van der Waals surface area contributed by atoms with Gasteiger partial charge in [0, 0.05) is 4.47 Å². The van der Waals surface area contributed by atoms with Crippen molar-refractivity contribution in [3.05, 3.63) is 22.7 Å². The second-order valence-corrected chi connectivity index (χ2v) is 5.38. The maximum atomic E-state index is 11.8. The molecule has 0 fully saturated rings. The first-order chi connectivity index (χ1) is 8.38. The van der Waals surface area contributed by atoms with Gasteiger partial charge in [-0.05, 0) is 32.0 Å².